The van der Waals surface area contributed by atoms with Gasteiger partial charge in [-0.15, -0.1) is 0 Å². The van der Waals surface area contributed by atoms with Crippen LogP contribution < -0.4 is 4.74 Å². The Kier molecular flexibility index (Phi) is 3.24. The molecule has 110 valence electrons. The minimum absolute atomic E-state index is 0.337. The molecule has 0 atom stereocenters. The lowest BCUT2D eigenvalue weighted by atomic mass is 10.0. The smallest absolute Gasteiger partial charge is 0.457 e. The van der Waals surface area contributed by atoms with Gasteiger partial charge in [-0.2, -0.15) is 24.3 Å². The Labute approximate surface area is 133 Å². The molecule has 0 spiro atoms. The van der Waals surface area contributed by atoms with Crippen LogP contribution in [0.15, 0.2) is 72.8 Å². The Bertz CT molecular complexity index is 894. The van der Waals surface area contributed by atoms with Crippen LogP contribution in [0.3, 0.4) is 0 Å². The Morgan fingerprint density at radius 1 is 0.826 bits per heavy atom. The zero-order valence-electron chi connectivity index (χ0n) is 12.2. The molecule has 0 aromatic heterocycles. The predicted octanol–water partition coefficient (Wildman–Crippen LogP) is 4.20. The maximum Gasteiger partial charge on any atom is 0.560 e. The van der Waals surface area contributed by atoms with Crippen LogP contribution in [0.25, 0.3) is 0 Å². The molecule has 0 amide bonds. The predicted molar refractivity (Wildman–Crippen MR) is 86.0 cm³/mol. The number of ketones is 1. The molecular formula is C20H12O3. The number of carbonyl (C=O) groups is 1. The van der Waals surface area contributed by atoms with Crippen LogP contribution >= 0.6 is 0 Å². The first-order valence-corrected chi connectivity index (χ1v) is 7.24. The quantitative estimate of drug-likeness (QED) is 0.537. The van der Waals surface area contributed by atoms with E-state index < -0.39 is 0 Å². The van der Waals surface area contributed by atoms with E-state index in [4.69, 9.17) is 9.16 Å². The van der Waals surface area contributed by atoms with Gasteiger partial charge in [0, 0.05) is 15.9 Å². The van der Waals surface area contributed by atoms with E-state index in [9.17, 15) is 4.79 Å². The second-order valence-electron chi connectivity index (χ2n) is 5.13. The van der Waals surface area contributed by atoms with E-state index in [0.29, 0.717) is 11.3 Å². The molecule has 0 saturated heterocycles. The summed E-state index contributed by atoms with van der Waals surface area (Å²) in [5.74, 6) is 1.74. The van der Waals surface area contributed by atoms with Crippen LogP contribution in [0.4, 0.5) is 0 Å². The molecule has 0 bridgehead atoms. The summed E-state index contributed by atoms with van der Waals surface area (Å²) in [5, 5.41) is 0. The highest BCUT2D eigenvalue weighted by atomic mass is 16.5. The summed E-state index contributed by atoms with van der Waals surface area (Å²) in [6, 6.07) is 25.2. The van der Waals surface area contributed by atoms with Gasteiger partial charge in [-0.3, -0.25) is 4.42 Å². The van der Waals surface area contributed by atoms with E-state index >= 15 is 0 Å². The molecule has 3 heteroatoms. The summed E-state index contributed by atoms with van der Waals surface area (Å²) in [7, 11) is 0. The number of rotatable bonds is 3. The van der Waals surface area contributed by atoms with Gasteiger partial charge in [0.05, 0.1) is 0 Å². The minimum Gasteiger partial charge on any atom is -0.457 e. The molecule has 0 radical (unpaired) electrons. The normalized spacial score (nSPS) is 12.7. The molecule has 0 saturated carbocycles. The fourth-order valence-corrected chi connectivity index (χ4v) is 2.51. The number of ether oxygens (including phenoxy) is 1. The molecule has 0 fully saturated rings. The van der Waals surface area contributed by atoms with Crippen LogP contribution in [0.5, 0.6) is 11.5 Å². The number of carbonyl (C=O) groups excluding carboxylic acids is 2. The highest BCUT2D eigenvalue weighted by Crippen LogP contribution is 2.25. The molecule has 1 heterocycles. The average Bonchev–Trinajstić information content (AvgIpc) is 2.94. The van der Waals surface area contributed by atoms with Crippen molar-refractivity contribution in [1.29, 1.82) is 0 Å². The van der Waals surface area contributed by atoms with Gasteiger partial charge >= 0.3 is 5.97 Å². The molecule has 0 unspecified atom stereocenters. The molecular weight excluding hydrogens is 288 g/mol. The van der Waals surface area contributed by atoms with E-state index in [1.54, 1.807) is 12.1 Å². The van der Waals surface area contributed by atoms with Crippen molar-refractivity contribution >= 4 is 11.8 Å². The second-order valence-corrected chi connectivity index (χ2v) is 5.13. The lowest BCUT2D eigenvalue weighted by Crippen LogP contribution is -2.00. The monoisotopic (exact) mass is 300 g/mol. The van der Waals surface area contributed by atoms with Gasteiger partial charge < -0.3 is 4.74 Å². The molecule has 1 aliphatic heterocycles. The van der Waals surface area contributed by atoms with Crippen molar-refractivity contribution in [2.75, 3.05) is 0 Å². The maximum absolute atomic E-state index is 11.9. The van der Waals surface area contributed by atoms with Crippen LogP contribution in [-0.2, 0) is 0 Å². The molecule has 4 rings (SSSR count). The van der Waals surface area contributed by atoms with E-state index in [0.717, 1.165) is 22.6 Å². The van der Waals surface area contributed by atoms with E-state index in [-0.39, 0.29) is 5.97 Å². The SMILES string of the molecule is O=C1[O+]=C(c2ccc(Oc3ccccc3)cc2)c2cc[c-]cc21. The Morgan fingerprint density at radius 3 is 2.35 bits per heavy atom. The number of para-hydroxylation sites is 1. The van der Waals surface area contributed by atoms with Crippen molar-refractivity contribution in [3.63, 3.8) is 0 Å². The summed E-state index contributed by atoms with van der Waals surface area (Å²) < 4.78 is 11.2. The summed E-state index contributed by atoms with van der Waals surface area (Å²) >= 11 is 0. The largest absolute Gasteiger partial charge is 0.560 e. The number of hydrogen-bond acceptors (Lipinski definition) is 2. The van der Waals surface area contributed by atoms with Gasteiger partial charge in [0.15, 0.2) is 0 Å². The standard InChI is InChI=1S/C20H12O3/c21-20-18-9-5-4-8-17(18)19(23-20)14-10-12-16(13-11-14)22-15-6-2-1-3-7-15/h1-4,6-13H. The highest BCUT2D eigenvalue weighted by Gasteiger charge is 2.29. The van der Waals surface area contributed by atoms with Gasteiger partial charge in [0.1, 0.15) is 11.5 Å². The molecule has 1 aliphatic rings. The zero-order chi connectivity index (χ0) is 15.6. The minimum atomic E-state index is -0.337. The van der Waals surface area contributed by atoms with Crippen molar-refractivity contribution in [2.24, 2.45) is 0 Å². The maximum atomic E-state index is 11.9. The molecule has 3 aromatic rings. The highest BCUT2D eigenvalue weighted by molar-refractivity contribution is 6.19. The Hall–Kier alpha value is -3.20. The summed E-state index contributed by atoms with van der Waals surface area (Å²) in [6.45, 7) is 0. The second kappa shape index (κ2) is 5.54. The third-order valence-electron chi connectivity index (χ3n) is 3.62. The molecule has 3 aromatic carbocycles. The van der Waals surface area contributed by atoms with Gasteiger partial charge in [0.2, 0.25) is 5.78 Å². The van der Waals surface area contributed by atoms with Crippen molar-refractivity contribution < 1.29 is 14.0 Å². The fraction of sp³-hybridized carbons (Fsp3) is 0. The first-order chi connectivity index (χ1) is 11.3. The molecule has 23 heavy (non-hydrogen) atoms. The van der Waals surface area contributed by atoms with E-state index in [1.807, 2.05) is 60.7 Å². The fourth-order valence-electron chi connectivity index (χ4n) is 2.51. The van der Waals surface area contributed by atoms with Crippen LogP contribution in [-0.4, -0.2) is 11.8 Å². The van der Waals surface area contributed by atoms with E-state index in [2.05, 4.69) is 6.07 Å². The van der Waals surface area contributed by atoms with E-state index in [1.165, 1.54) is 0 Å². The molecule has 3 nitrogen and oxygen atoms in total. The summed E-state index contributed by atoms with van der Waals surface area (Å²) in [6.07, 6.45) is 0. The molecule has 0 aliphatic carbocycles. The van der Waals surface area contributed by atoms with Crippen molar-refractivity contribution in [2.45, 2.75) is 0 Å². The van der Waals surface area contributed by atoms with Crippen LogP contribution in [0.2, 0.25) is 0 Å². The van der Waals surface area contributed by atoms with Gasteiger partial charge in [-0.25, -0.2) is 0 Å². The third-order valence-corrected chi connectivity index (χ3v) is 3.62. The first-order valence-electron chi connectivity index (χ1n) is 7.24. The van der Waals surface area contributed by atoms with Crippen LogP contribution in [0.1, 0.15) is 25.9 Å². The third kappa shape index (κ3) is 2.53. The lowest BCUT2D eigenvalue weighted by molar-refractivity contribution is -0.162. The number of benzene rings is 3. The van der Waals surface area contributed by atoms with Crippen molar-refractivity contribution in [1.82, 2.24) is 0 Å². The number of fused-ring (bicyclic) bond motifs is 1. The summed E-state index contributed by atoms with van der Waals surface area (Å²) in [5.41, 5.74) is 2.18. The topological polar surface area (TPSA) is 37.6 Å². The Morgan fingerprint density at radius 2 is 1.57 bits per heavy atom. The van der Waals surface area contributed by atoms with Gasteiger partial charge in [0.25, 0.3) is 0 Å². The summed E-state index contributed by atoms with van der Waals surface area (Å²) in [4.78, 5) is 11.9. The molecule has 0 N–H and O–H groups in total. The van der Waals surface area contributed by atoms with Crippen molar-refractivity contribution in [3.05, 3.63) is 95.6 Å². The van der Waals surface area contributed by atoms with Gasteiger partial charge in [-0.05, 0) is 42.0 Å². The van der Waals surface area contributed by atoms with Crippen LogP contribution in [0, 0.1) is 6.07 Å². The van der Waals surface area contributed by atoms with Crippen molar-refractivity contribution in [3.8, 4) is 11.5 Å². The number of hydrogen-bond donors (Lipinski definition) is 0. The first kappa shape index (κ1) is 13.5. The Balaban J connectivity index is 1.62. The average molecular weight is 300 g/mol. The zero-order valence-corrected chi connectivity index (χ0v) is 12.2. The van der Waals surface area contributed by atoms with Gasteiger partial charge in [-0.1, -0.05) is 18.2 Å². The lowest BCUT2D eigenvalue weighted by Gasteiger charge is -2.06.